The number of ether oxygens (including phenoxy) is 1. The Kier molecular flexibility index (Phi) is 7.53. The summed E-state index contributed by atoms with van der Waals surface area (Å²) < 4.78 is 66.7. The van der Waals surface area contributed by atoms with Gasteiger partial charge in [-0.1, -0.05) is 30.3 Å². The van der Waals surface area contributed by atoms with Crippen LogP contribution in [0.2, 0.25) is 0 Å². The van der Waals surface area contributed by atoms with Crippen molar-refractivity contribution < 1.29 is 26.7 Å². The second-order valence-electron chi connectivity index (χ2n) is 10.3. The number of amides is 1. The minimum atomic E-state index is -3.82. The molecule has 0 bridgehead atoms. The molecule has 0 aliphatic carbocycles. The second-order valence-corrected chi connectivity index (χ2v) is 12.3. The number of rotatable bonds is 7. The lowest BCUT2D eigenvalue weighted by Crippen LogP contribution is -2.45. The van der Waals surface area contributed by atoms with Crippen molar-refractivity contribution in [1.29, 1.82) is 0 Å². The highest BCUT2D eigenvalue weighted by Crippen LogP contribution is 2.42. The topological polar surface area (TPSA) is 120 Å². The van der Waals surface area contributed by atoms with E-state index in [2.05, 4.69) is 10.1 Å². The Hall–Kier alpha value is -3.22. The van der Waals surface area contributed by atoms with E-state index in [4.69, 9.17) is 10.5 Å². The van der Waals surface area contributed by atoms with Gasteiger partial charge in [0.2, 0.25) is 15.9 Å². The molecule has 0 saturated carbocycles. The van der Waals surface area contributed by atoms with Gasteiger partial charge in [-0.3, -0.25) is 4.79 Å². The second kappa shape index (κ2) is 10.7. The first-order valence-electron chi connectivity index (χ1n) is 12.9. The summed E-state index contributed by atoms with van der Waals surface area (Å²) in [4.78, 5) is 15.6. The summed E-state index contributed by atoms with van der Waals surface area (Å²) in [5.74, 6) is -1.75. The monoisotopic (exact) mass is 559 g/mol. The number of hydrogen-bond acceptors (Lipinski definition) is 6. The Labute approximate surface area is 226 Å². The number of primary amides is 1. The van der Waals surface area contributed by atoms with Crippen molar-refractivity contribution in [3.05, 3.63) is 82.9 Å². The smallest absolute Gasteiger partial charge is 0.239 e. The van der Waals surface area contributed by atoms with Gasteiger partial charge in [0.15, 0.2) is 5.82 Å². The molecule has 1 amide bonds. The quantitative estimate of drug-likeness (QED) is 0.475. The third kappa shape index (κ3) is 5.20. The molecule has 208 valence electrons. The molecule has 39 heavy (non-hydrogen) atoms. The molecule has 0 unspecified atom stereocenters. The Balaban J connectivity index is 1.48. The molecular formula is C27H31F2N5O4S. The van der Waals surface area contributed by atoms with Crippen LogP contribution in [-0.4, -0.2) is 52.7 Å². The van der Waals surface area contributed by atoms with Crippen LogP contribution < -0.4 is 5.73 Å². The third-order valence-electron chi connectivity index (χ3n) is 7.80. The molecule has 2 aromatic carbocycles. The number of halogens is 2. The van der Waals surface area contributed by atoms with E-state index < -0.39 is 38.2 Å². The fourth-order valence-corrected chi connectivity index (χ4v) is 7.87. The molecule has 2 fully saturated rings. The van der Waals surface area contributed by atoms with Crippen LogP contribution in [0.1, 0.15) is 60.4 Å². The first-order chi connectivity index (χ1) is 18.6. The average molecular weight is 560 g/mol. The van der Waals surface area contributed by atoms with Crippen molar-refractivity contribution in [2.75, 3.05) is 13.2 Å². The van der Waals surface area contributed by atoms with Gasteiger partial charge in [0.1, 0.15) is 29.8 Å². The van der Waals surface area contributed by atoms with Crippen LogP contribution in [0, 0.1) is 11.6 Å². The number of sulfonamides is 1. The van der Waals surface area contributed by atoms with Crippen LogP contribution in [0.3, 0.4) is 0 Å². The average Bonchev–Trinajstić information content (AvgIpc) is 3.37. The summed E-state index contributed by atoms with van der Waals surface area (Å²) in [6.45, 7) is 1.89. The van der Waals surface area contributed by atoms with E-state index in [0.29, 0.717) is 31.2 Å². The molecule has 2 N–H and O–H groups in total. The molecule has 1 aromatic heterocycles. The maximum Gasteiger partial charge on any atom is 0.239 e. The number of benzene rings is 2. The van der Waals surface area contributed by atoms with Crippen LogP contribution >= 0.6 is 0 Å². The molecule has 0 spiro atoms. The summed E-state index contributed by atoms with van der Waals surface area (Å²) in [6, 6.07) is 10.8. The van der Waals surface area contributed by atoms with Gasteiger partial charge in [-0.2, -0.15) is 9.40 Å². The molecule has 2 saturated heterocycles. The summed E-state index contributed by atoms with van der Waals surface area (Å²) in [6.07, 6.45) is 3.01. The van der Waals surface area contributed by atoms with Gasteiger partial charge in [0, 0.05) is 36.9 Å². The highest BCUT2D eigenvalue weighted by Gasteiger charge is 2.44. The first-order valence-corrected chi connectivity index (χ1v) is 14.4. The van der Waals surface area contributed by atoms with E-state index in [0.717, 1.165) is 12.1 Å². The Morgan fingerprint density at radius 1 is 1.13 bits per heavy atom. The predicted molar refractivity (Wildman–Crippen MR) is 139 cm³/mol. The van der Waals surface area contributed by atoms with Crippen LogP contribution in [-0.2, 0) is 38.1 Å². The molecule has 5 rings (SSSR count). The largest absolute Gasteiger partial charge is 0.381 e. The maximum absolute atomic E-state index is 15.8. The standard InChI is InChI=1S/C27H31F2N5O4S/c1-18-7-8-24(19-5-3-2-4-6-19)39(36,37)34(18)15-20-13-23(29)21(14-22(20)28)27(9-11-38-12-10-27)26-31-17-33(32-26)16-25(30)35/h2-6,13-14,17-18,24H,7-12,15-16H2,1H3,(H2,30,35)/t18-,24+/m0/s1. The van der Waals surface area contributed by atoms with E-state index >= 15 is 8.78 Å². The van der Waals surface area contributed by atoms with Crippen LogP contribution in [0.15, 0.2) is 48.8 Å². The van der Waals surface area contributed by atoms with Gasteiger partial charge >= 0.3 is 0 Å². The van der Waals surface area contributed by atoms with E-state index in [9.17, 15) is 13.2 Å². The fraction of sp³-hybridized carbons (Fsp3) is 0.444. The lowest BCUT2D eigenvalue weighted by Gasteiger charge is -2.38. The Morgan fingerprint density at radius 2 is 1.85 bits per heavy atom. The summed E-state index contributed by atoms with van der Waals surface area (Å²) in [5.41, 5.74) is 4.89. The van der Waals surface area contributed by atoms with E-state index in [1.165, 1.54) is 15.3 Å². The lowest BCUT2D eigenvalue weighted by atomic mass is 9.73. The number of nitrogens with zero attached hydrogens (tertiary/aromatic N) is 4. The molecule has 3 aromatic rings. The Morgan fingerprint density at radius 3 is 2.54 bits per heavy atom. The van der Waals surface area contributed by atoms with Gasteiger partial charge in [-0.05, 0) is 50.3 Å². The van der Waals surface area contributed by atoms with Gasteiger partial charge < -0.3 is 10.5 Å². The lowest BCUT2D eigenvalue weighted by molar-refractivity contribution is -0.118. The van der Waals surface area contributed by atoms with Gasteiger partial charge in [0.25, 0.3) is 0 Å². The maximum atomic E-state index is 15.8. The summed E-state index contributed by atoms with van der Waals surface area (Å²) in [5, 5.41) is 3.61. The number of aromatic nitrogens is 3. The van der Waals surface area contributed by atoms with Gasteiger partial charge in [0.05, 0.1) is 5.41 Å². The van der Waals surface area contributed by atoms with Gasteiger partial charge in [-0.15, -0.1) is 0 Å². The van der Waals surface area contributed by atoms with Crippen LogP contribution in [0.25, 0.3) is 0 Å². The highest BCUT2D eigenvalue weighted by molar-refractivity contribution is 7.89. The number of carbonyl (C=O) groups excluding carboxylic acids is 1. The van der Waals surface area contributed by atoms with Crippen molar-refractivity contribution in [3.63, 3.8) is 0 Å². The zero-order chi connectivity index (χ0) is 27.8. The van der Waals surface area contributed by atoms with Crippen molar-refractivity contribution in [2.24, 2.45) is 5.73 Å². The first kappa shape index (κ1) is 27.4. The highest BCUT2D eigenvalue weighted by atomic mass is 32.2. The van der Waals surface area contributed by atoms with Crippen molar-refractivity contribution >= 4 is 15.9 Å². The molecule has 2 aliphatic heterocycles. The summed E-state index contributed by atoms with van der Waals surface area (Å²) in [7, 11) is -3.82. The van der Waals surface area contributed by atoms with E-state index in [1.807, 2.05) is 6.07 Å². The molecule has 9 nitrogen and oxygen atoms in total. The Bertz CT molecular complexity index is 1460. The predicted octanol–water partition coefficient (Wildman–Crippen LogP) is 3.19. The zero-order valence-electron chi connectivity index (χ0n) is 21.6. The molecule has 3 heterocycles. The van der Waals surface area contributed by atoms with Crippen molar-refractivity contribution in [2.45, 2.75) is 62.4 Å². The minimum Gasteiger partial charge on any atom is -0.381 e. The molecular weight excluding hydrogens is 528 g/mol. The zero-order valence-corrected chi connectivity index (χ0v) is 22.4. The molecule has 2 atom stereocenters. The van der Waals surface area contributed by atoms with Crippen molar-refractivity contribution in [1.82, 2.24) is 19.1 Å². The van der Waals surface area contributed by atoms with Gasteiger partial charge in [-0.25, -0.2) is 26.9 Å². The van der Waals surface area contributed by atoms with Crippen LogP contribution in [0.5, 0.6) is 0 Å². The number of nitrogens with two attached hydrogens (primary N) is 1. The molecule has 2 aliphatic rings. The van der Waals surface area contributed by atoms with Crippen LogP contribution in [0.4, 0.5) is 8.78 Å². The van der Waals surface area contributed by atoms with Crippen molar-refractivity contribution in [3.8, 4) is 0 Å². The molecule has 12 heteroatoms. The number of hydrogen-bond donors (Lipinski definition) is 1. The fourth-order valence-electron chi connectivity index (χ4n) is 5.68. The van der Waals surface area contributed by atoms with E-state index in [-0.39, 0.29) is 49.3 Å². The SMILES string of the molecule is C[C@H]1CC[C@H](c2ccccc2)S(=O)(=O)N1Cc1cc(F)c(C2(c3ncn(CC(N)=O)n3)CCOCC2)cc1F. The molecule has 0 radical (unpaired) electrons. The third-order valence-corrected chi connectivity index (χ3v) is 10.2. The minimum absolute atomic E-state index is 0.0465. The normalized spacial score (nSPS) is 22.9. The van der Waals surface area contributed by atoms with E-state index in [1.54, 1.807) is 31.2 Å². The number of carbonyl (C=O) groups is 1. The summed E-state index contributed by atoms with van der Waals surface area (Å²) >= 11 is 0.